The van der Waals surface area contributed by atoms with Crippen molar-refractivity contribution >= 4 is 5.97 Å². The molecule has 0 aliphatic heterocycles. The number of rotatable bonds is 3. The van der Waals surface area contributed by atoms with Crippen molar-refractivity contribution in [3.05, 3.63) is 60.2 Å². The zero-order valence-electron chi connectivity index (χ0n) is 9.47. The molecule has 4 N–H and O–H groups in total. The number of carboxylic acids is 1. The largest absolute Gasteiger partial charge is 0.481 e. The summed E-state index contributed by atoms with van der Waals surface area (Å²) in [6.07, 6.45) is 0.0606. The third kappa shape index (κ3) is 3.16. The monoisotopic (exact) mass is 229 g/mol. The van der Waals surface area contributed by atoms with Crippen molar-refractivity contribution in [1.29, 1.82) is 0 Å². The molecule has 3 nitrogen and oxygen atoms in total. The summed E-state index contributed by atoms with van der Waals surface area (Å²) in [6.45, 7) is 0. The van der Waals surface area contributed by atoms with E-state index in [0.29, 0.717) is 0 Å². The molecular formula is C14H15NO2. The van der Waals surface area contributed by atoms with E-state index in [1.807, 2.05) is 54.6 Å². The first-order chi connectivity index (χ1) is 7.77. The molecule has 0 atom stereocenters. The minimum atomic E-state index is -0.802. The van der Waals surface area contributed by atoms with E-state index in [-0.39, 0.29) is 12.6 Å². The van der Waals surface area contributed by atoms with Crippen LogP contribution < -0.4 is 6.15 Å². The average molecular weight is 229 g/mol. The second-order valence-corrected chi connectivity index (χ2v) is 3.59. The van der Waals surface area contributed by atoms with Gasteiger partial charge in [0.05, 0.1) is 6.42 Å². The van der Waals surface area contributed by atoms with Gasteiger partial charge in [-0.05, 0) is 16.7 Å². The summed E-state index contributed by atoms with van der Waals surface area (Å²) in [5, 5.41) is 8.84. The number of aliphatic carboxylic acids is 1. The van der Waals surface area contributed by atoms with Gasteiger partial charge < -0.3 is 11.3 Å². The van der Waals surface area contributed by atoms with Gasteiger partial charge in [-0.25, -0.2) is 0 Å². The van der Waals surface area contributed by atoms with Crippen LogP contribution in [0.15, 0.2) is 54.6 Å². The Morgan fingerprint density at radius 1 is 0.941 bits per heavy atom. The highest BCUT2D eigenvalue weighted by Crippen LogP contribution is 2.23. The number of benzene rings is 2. The lowest BCUT2D eigenvalue weighted by Gasteiger charge is -2.07. The maximum atomic E-state index is 10.8. The fraction of sp³-hybridized carbons (Fsp3) is 0.0714. The van der Waals surface area contributed by atoms with Gasteiger partial charge >= 0.3 is 5.97 Å². The van der Waals surface area contributed by atoms with Crippen LogP contribution in [0.1, 0.15) is 5.56 Å². The Labute approximate surface area is 100 Å². The molecule has 0 fully saturated rings. The Morgan fingerprint density at radius 3 is 2.18 bits per heavy atom. The highest BCUT2D eigenvalue weighted by molar-refractivity contribution is 5.76. The Kier molecular flexibility index (Phi) is 4.43. The van der Waals surface area contributed by atoms with Crippen LogP contribution in [0.5, 0.6) is 0 Å². The van der Waals surface area contributed by atoms with Gasteiger partial charge in [0.1, 0.15) is 0 Å². The average Bonchev–Trinajstić information content (AvgIpc) is 2.30. The minimum Gasteiger partial charge on any atom is -0.481 e. The lowest BCUT2D eigenvalue weighted by atomic mass is 9.98. The summed E-state index contributed by atoms with van der Waals surface area (Å²) in [7, 11) is 0. The highest BCUT2D eigenvalue weighted by Gasteiger charge is 2.07. The summed E-state index contributed by atoms with van der Waals surface area (Å²) in [6, 6.07) is 17.4. The second-order valence-electron chi connectivity index (χ2n) is 3.59. The lowest BCUT2D eigenvalue weighted by molar-refractivity contribution is -0.136. The van der Waals surface area contributed by atoms with Gasteiger partial charge in [-0.15, -0.1) is 0 Å². The molecule has 0 unspecified atom stereocenters. The molecule has 0 bridgehead atoms. The molecule has 0 saturated carbocycles. The molecule has 0 amide bonds. The quantitative estimate of drug-likeness (QED) is 0.849. The third-order valence-corrected chi connectivity index (χ3v) is 2.44. The summed E-state index contributed by atoms with van der Waals surface area (Å²) < 4.78 is 0. The van der Waals surface area contributed by atoms with Gasteiger partial charge in [0.25, 0.3) is 0 Å². The highest BCUT2D eigenvalue weighted by atomic mass is 16.4. The third-order valence-electron chi connectivity index (χ3n) is 2.44. The molecule has 0 spiro atoms. The lowest BCUT2D eigenvalue weighted by Crippen LogP contribution is -2.01. The molecule has 17 heavy (non-hydrogen) atoms. The van der Waals surface area contributed by atoms with Crippen LogP contribution in [-0.4, -0.2) is 11.1 Å². The van der Waals surface area contributed by atoms with Crippen molar-refractivity contribution < 1.29 is 9.90 Å². The molecule has 2 rings (SSSR count). The topological polar surface area (TPSA) is 72.3 Å². The Hall–Kier alpha value is -2.13. The number of hydrogen-bond acceptors (Lipinski definition) is 2. The maximum absolute atomic E-state index is 10.8. The molecule has 0 aliphatic rings. The van der Waals surface area contributed by atoms with Gasteiger partial charge in [-0.1, -0.05) is 54.6 Å². The van der Waals surface area contributed by atoms with E-state index < -0.39 is 5.97 Å². The van der Waals surface area contributed by atoms with E-state index in [1.165, 1.54) is 0 Å². The van der Waals surface area contributed by atoms with Crippen LogP contribution in [0, 0.1) is 0 Å². The zero-order valence-corrected chi connectivity index (χ0v) is 9.47. The van der Waals surface area contributed by atoms with Gasteiger partial charge in [0.15, 0.2) is 0 Å². The summed E-state index contributed by atoms with van der Waals surface area (Å²) >= 11 is 0. The van der Waals surface area contributed by atoms with Crippen molar-refractivity contribution in [3.8, 4) is 11.1 Å². The Morgan fingerprint density at radius 2 is 1.53 bits per heavy atom. The van der Waals surface area contributed by atoms with Crippen molar-refractivity contribution in [2.75, 3.05) is 0 Å². The van der Waals surface area contributed by atoms with Crippen LogP contribution in [-0.2, 0) is 11.2 Å². The van der Waals surface area contributed by atoms with Crippen molar-refractivity contribution in [2.45, 2.75) is 6.42 Å². The standard InChI is InChI=1S/C14H12O2.H3N/c15-14(16)10-12-8-4-5-9-13(12)11-6-2-1-3-7-11;/h1-9H,10H2,(H,15,16);1H3. The number of carbonyl (C=O) groups is 1. The van der Waals surface area contributed by atoms with Crippen molar-refractivity contribution in [2.24, 2.45) is 0 Å². The van der Waals surface area contributed by atoms with E-state index in [9.17, 15) is 4.79 Å². The summed E-state index contributed by atoms with van der Waals surface area (Å²) in [5.41, 5.74) is 2.89. The fourth-order valence-corrected chi connectivity index (χ4v) is 1.74. The smallest absolute Gasteiger partial charge is 0.307 e. The molecular weight excluding hydrogens is 214 g/mol. The Bertz CT molecular complexity index is 495. The first-order valence-corrected chi connectivity index (χ1v) is 5.12. The van der Waals surface area contributed by atoms with Crippen LogP contribution in [0.3, 0.4) is 0 Å². The van der Waals surface area contributed by atoms with Crippen LogP contribution >= 0.6 is 0 Å². The first kappa shape index (κ1) is 12.9. The Balaban J connectivity index is 0.00000144. The van der Waals surface area contributed by atoms with Gasteiger partial charge in [-0.3, -0.25) is 4.79 Å². The maximum Gasteiger partial charge on any atom is 0.307 e. The molecule has 0 radical (unpaired) electrons. The molecule has 0 aromatic heterocycles. The zero-order chi connectivity index (χ0) is 11.4. The molecule has 0 heterocycles. The van der Waals surface area contributed by atoms with Crippen LogP contribution in [0.4, 0.5) is 0 Å². The van der Waals surface area contributed by atoms with Crippen LogP contribution in [0.2, 0.25) is 0 Å². The van der Waals surface area contributed by atoms with Crippen molar-refractivity contribution in [3.63, 3.8) is 0 Å². The van der Waals surface area contributed by atoms with Gasteiger partial charge in [-0.2, -0.15) is 0 Å². The van der Waals surface area contributed by atoms with E-state index in [2.05, 4.69) is 0 Å². The normalized spacial score (nSPS) is 9.41. The SMILES string of the molecule is N.O=C(O)Cc1ccccc1-c1ccccc1. The van der Waals surface area contributed by atoms with Crippen LogP contribution in [0.25, 0.3) is 11.1 Å². The van der Waals surface area contributed by atoms with E-state index in [0.717, 1.165) is 16.7 Å². The predicted octanol–water partition coefficient (Wildman–Crippen LogP) is 3.14. The van der Waals surface area contributed by atoms with Crippen molar-refractivity contribution in [1.82, 2.24) is 6.15 Å². The fourth-order valence-electron chi connectivity index (χ4n) is 1.74. The van der Waals surface area contributed by atoms with E-state index in [1.54, 1.807) is 0 Å². The molecule has 88 valence electrons. The number of hydrogen-bond donors (Lipinski definition) is 2. The van der Waals surface area contributed by atoms with E-state index in [4.69, 9.17) is 5.11 Å². The summed E-state index contributed by atoms with van der Waals surface area (Å²) in [5.74, 6) is -0.802. The van der Waals surface area contributed by atoms with Gasteiger partial charge in [0.2, 0.25) is 0 Å². The second kappa shape index (κ2) is 5.82. The molecule has 0 saturated heterocycles. The molecule has 0 aliphatic carbocycles. The predicted molar refractivity (Wildman–Crippen MR) is 68.2 cm³/mol. The van der Waals surface area contributed by atoms with Gasteiger partial charge in [0, 0.05) is 0 Å². The minimum absolute atomic E-state index is 0. The molecule has 2 aromatic rings. The van der Waals surface area contributed by atoms with E-state index >= 15 is 0 Å². The number of carboxylic acid groups (broad SMARTS) is 1. The first-order valence-electron chi connectivity index (χ1n) is 5.12. The molecule has 2 aromatic carbocycles. The molecule has 3 heteroatoms. The summed E-state index contributed by atoms with van der Waals surface area (Å²) in [4.78, 5) is 10.8.